The van der Waals surface area contributed by atoms with Gasteiger partial charge in [0.05, 0.1) is 0 Å². The van der Waals surface area contributed by atoms with Gasteiger partial charge in [-0.25, -0.2) is 0 Å². The number of anilines is 1. The van der Waals surface area contributed by atoms with Crippen LogP contribution in [0.2, 0.25) is 5.02 Å². The molecule has 1 unspecified atom stereocenters. The van der Waals surface area contributed by atoms with Crippen LogP contribution in [0.5, 0.6) is 0 Å². The number of hydrogen-bond donors (Lipinski definition) is 3. The highest BCUT2D eigenvalue weighted by Crippen LogP contribution is 2.19. The highest BCUT2D eigenvalue weighted by Gasteiger charge is 2.16. The van der Waals surface area contributed by atoms with Crippen molar-refractivity contribution in [1.82, 2.24) is 5.32 Å². The van der Waals surface area contributed by atoms with Gasteiger partial charge in [-0.15, -0.1) is 0 Å². The predicted octanol–water partition coefficient (Wildman–Crippen LogP) is 2.50. The Labute approximate surface area is 136 Å². The standard InChI is InChI=1S/C16H23ClN2O3/c1-3-4-12(7-8-20)10-18-15(21)16(22)19-13-6-5-11(2)14(17)9-13/h5-6,9,12,20H,3-4,7-8,10H2,1-2H3,(H,18,21)(H,19,22). The lowest BCUT2D eigenvalue weighted by atomic mass is 10.0. The summed E-state index contributed by atoms with van der Waals surface area (Å²) in [7, 11) is 0. The summed E-state index contributed by atoms with van der Waals surface area (Å²) in [6.07, 6.45) is 2.48. The minimum absolute atomic E-state index is 0.0780. The summed E-state index contributed by atoms with van der Waals surface area (Å²) in [6.45, 7) is 4.36. The van der Waals surface area contributed by atoms with Gasteiger partial charge in [-0.05, 0) is 43.4 Å². The molecule has 0 heterocycles. The molecular weight excluding hydrogens is 304 g/mol. The van der Waals surface area contributed by atoms with Gasteiger partial charge in [0.25, 0.3) is 0 Å². The van der Waals surface area contributed by atoms with Crippen LogP contribution in [0.3, 0.4) is 0 Å². The van der Waals surface area contributed by atoms with Gasteiger partial charge in [0.15, 0.2) is 0 Å². The third-order valence-corrected chi connectivity index (χ3v) is 3.83. The molecule has 0 aliphatic heterocycles. The van der Waals surface area contributed by atoms with E-state index in [0.29, 0.717) is 23.7 Å². The van der Waals surface area contributed by atoms with Crippen LogP contribution >= 0.6 is 11.6 Å². The number of carbonyl (C=O) groups excluding carboxylic acids is 2. The van der Waals surface area contributed by atoms with Gasteiger partial charge in [-0.1, -0.05) is 31.0 Å². The zero-order chi connectivity index (χ0) is 16.5. The maximum atomic E-state index is 11.8. The molecule has 2 amide bonds. The van der Waals surface area contributed by atoms with Crippen LogP contribution in [0.15, 0.2) is 18.2 Å². The van der Waals surface area contributed by atoms with E-state index >= 15 is 0 Å². The minimum atomic E-state index is -0.723. The third-order valence-electron chi connectivity index (χ3n) is 3.42. The van der Waals surface area contributed by atoms with E-state index < -0.39 is 11.8 Å². The summed E-state index contributed by atoms with van der Waals surface area (Å²) in [6, 6.07) is 5.07. The first kappa shape index (κ1) is 18.5. The van der Waals surface area contributed by atoms with E-state index in [0.717, 1.165) is 18.4 Å². The minimum Gasteiger partial charge on any atom is -0.396 e. The number of halogens is 1. The molecule has 122 valence electrons. The van der Waals surface area contributed by atoms with Crippen LogP contribution in [0.1, 0.15) is 31.7 Å². The molecule has 0 saturated heterocycles. The van der Waals surface area contributed by atoms with Gasteiger partial charge in [0.2, 0.25) is 0 Å². The number of rotatable bonds is 7. The normalized spacial score (nSPS) is 11.8. The number of aliphatic hydroxyl groups excluding tert-OH is 1. The maximum Gasteiger partial charge on any atom is 0.313 e. The Hall–Kier alpha value is -1.59. The van der Waals surface area contributed by atoms with E-state index in [-0.39, 0.29) is 12.5 Å². The first-order chi connectivity index (χ1) is 10.5. The summed E-state index contributed by atoms with van der Waals surface area (Å²) in [5.74, 6) is -1.23. The van der Waals surface area contributed by atoms with Gasteiger partial charge >= 0.3 is 11.8 Å². The molecule has 0 aliphatic carbocycles. The lowest BCUT2D eigenvalue weighted by Gasteiger charge is -2.15. The van der Waals surface area contributed by atoms with Crippen molar-refractivity contribution in [2.75, 3.05) is 18.5 Å². The van der Waals surface area contributed by atoms with Crippen molar-refractivity contribution >= 4 is 29.1 Å². The molecule has 0 spiro atoms. The molecule has 1 aromatic rings. The van der Waals surface area contributed by atoms with Crippen LogP contribution in [0.25, 0.3) is 0 Å². The molecule has 0 aromatic heterocycles. The second-order valence-electron chi connectivity index (χ2n) is 5.30. The Balaban J connectivity index is 2.50. The summed E-state index contributed by atoms with van der Waals surface area (Å²) >= 11 is 5.97. The largest absolute Gasteiger partial charge is 0.396 e. The molecule has 1 aromatic carbocycles. The van der Waals surface area contributed by atoms with Crippen LogP contribution in [-0.2, 0) is 9.59 Å². The van der Waals surface area contributed by atoms with Crippen LogP contribution in [0, 0.1) is 12.8 Å². The summed E-state index contributed by atoms with van der Waals surface area (Å²) in [5.41, 5.74) is 1.38. The fourth-order valence-corrected chi connectivity index (χ4v) is 2.30. The first-order valence-electron chi connectivity index (χ1n) is 7.44. The zero-order valence-electron chi connectivity index (χ0n) is 13.0. The molecule has 22 heavy (non-hydrogen) atoms. The lowest BCUT2D eigenvalue weighted by Crippen LogP contribution is -2.38. The molecule has 1 atom stereocenters. The Morgan fingerprint density at radius 2 is 2.00 bits per heavy atom. The van der Waals surface area contributed by atoms with Crippen molar-refractivity contribution in [3.63, 3.8) is 0 Å². The molecule has 0 fully saturated rings. The summed E-state index contributed by atoms with van der Waals surface area (Å²) in [5, 5.41) is 14.6. The Morgan fingerprint density at radius 3 is 2.59 bits per heavy atom. The van der Waals surface area contributed by atoms with E-state index in [1.165, 1.54) is 0 Å². The van der Waals surface area contributed by atoms with Crippen molar-refractivity contribution in [3.8, 4) is 0 Å². The second-order valence-corrected chi connectivity index (χ2v) is 5.70. The Morgan fingerprint density at radius 1 is 1.27 bits per heavy atom. The highest BCUT2D eigenvalue weighted by atomic mass is 35.5. The molecule has 6 heteroatoms. The number of carbonyl (C=O) groups is 2. The number of aryl methyl sites for hydroxylation is 1. The average molecular weight is 327 g/mol. The number of hydrogen-bond acceptors (Lipinski definition) is 3. The van der Waals surface area contributed by atoms with Gasteiger partial charge < -0.3 is 15.7 Å². The summed E-state index contributed by atoms with van der Waals surface area (Å²) in [4.78, 5) is 23.6. The molecule has 0 bridgehead atoms. The van der Waals surface area contributed by atoms with Crippen molar-refractivity contribution < 1.29 is 14.7 Å². The smallest absolute Gasteiger partial charge is 0.313 e. The van der Waals surface area contributed by atoms with Crippen molar-refractivity contribution in [3.05, 3.63) is 28.8 Å². The zero-order valence-corrected chi connectivity index (χ0v) is 13.7. The van der Waals surface area contributed by atoms with Crippen LogP contribution in [-0.4, -0.2) is 30.1 Å². The van der Waals surface area contributed by atoms with Crippen molar-refractivity contribution in [1.29, 1.82) is 0 Å². The van der Waals surface area contributed by atoms with E-state index in [1.54, 1.807) is 18.2 Å². The first-order valence-corrected chi connectivity index (χ1v) is 7.81. The lowest BCUT2D eigenvalue weighted by molar-refractivity contribution is -0.136. The fraction of sp³-hybridized carbons (Fsp3) is 0.500. The number of nitrogens with one attached hydrogen (secondary N) is 2. The predicted molar refractivity (Wildman–Crippen MR) is 87.9 cm³/mol. The van der Waals surface area contributed by atoms with E-state index in [2.05, 4.69) is 10.6 Å². The van der Waals surface area contributed by atoms with E-state index in [4.69, 9.17) is 16.7 Å². The summed E-state index contributed by atoms with van der Waals surface area (Å²) < 4.78 is 0. The second kappa shape index (κ2) is 9.43. The van der Waals surface area contributed by atoms with Crippen molar-refractivity contribution in [2.24, 2.45) is 5.92 Å². The van der Waals surface area contributed by atoms with E-state index in [1.807, 2.05) is 13.8 Å². The molecule has 3 N–H and O–H groups in total. The van der Waals surface area contributed by atoms with Crippen molar-refractivity contribution in [2.45, 2.75) is 33.1 Å². The third kappa shape index (κ3) is 6.03. The molecule has 1 rings (SSSR count). The quantitative estimate of drug-likeness (QED) is 0.674. The number of aliphatic hydroxyl groups is 1. The highest BCUT2D eigenvalue weighted by molar-refractivity contribution is 6.39. The molecule has 0 radical (unpaired) electrons. The topological polar surface area (TPSA) is 78.4 Å². The molecule has 0 saturated carbocycles. The Bertz CT molecular complexity index is 514. The van der Waals surface area contributed by atoms with Gasteiger partial charge in [0, 0.05) is 23.9 Å². The molecule has 5 nitrogen and oxygen atoms in total. The van der Waals surface area contributed by atoms with Gasteiger partial charge in [-0.2, -0.15) is 0 Å². The van der Waals surface area contributed by atoms with Gasteiger partial charge in [0.1, 0.15) is 0 Å². The van der Waals surface area contributed by atoms with Crippen LogP contribution in [0.4, 0.5) is 5.69 Å². The maximum absolute atomic E-state index is 11.8. The fourth-order valence-electron chi connectivity index (χ4n) is 2.12. The Kier molecular flexibility index (Phi) is 7.91. The van der Waals surface area contributed by atoms with Gasteiger partial charge in [-0.3, -0.25) is 9.59 Å². The van der Waals surface area contributed by atoms with E-state index in [9.17, 15) is 9.59 Å². The van der Waals surface area contributed by atoms with Crippen LogP contribution < -0.4 is 10.6 Å². The monoisotopic (exact) mass is 326 g/mol. The average Bonchev–Trinajstić information content (AvgIpc) is 2.48. The SMILES string of the molecule is CCCC(CCO)CNC(=O)C(=O)Nc1ccc(C)c(Cl)c1. The number of benzene rings is 1. The molecule has 0 aliphatic rings. The molecular formula is C16H23ClN2O3. The number of amides is 2.